The summed E-state index contributed by atoms with van der Waals surface area (Å²) in [5.41, 5.74) is 6.05. The van der Waals surface area contributed by atoms with E-state index in [9.17, 15) is 4.79 Å². The highest BCUT2D eigenvalue weighted by Crippen LogP contribution is 2.12. The minimum atomic E-state index is -0.269. The zero-order valence-electron chi connectivity index (χ0n) is 9.13. The van der Waals surface area contributed by atoms with Gasteiger partial charge in [0, 0.05) is 5.57 Å². The monoisotopic (exact) mass is 183 g/mol. The third-order valence-corrected chi connectivity index (χ3v) is 1.78. The summed E-state index contributed by atoms with van der Waals surface area (Å²) in [4.78, 5) is 11.0. The van der Waals surface area contributed by atoms with Crippen LogP contribution in [-0.2, 0) is 4.79 Å². The number of carbonyl (C=O) groups excluding carboxylic acids is 1. The number of amides is 1. The molecule has 0 spiro atoms. The highest BCUT2D eigenvalue weighted by molar-refractivity contribution is 5.91. The summed E-state index contributed by atoms with van der Waals surface area (Å²) in [6.07, 6.45) is 3.71. The van der Waals surface area contributed by atoms with Crippen LogP contribution in [0.15, 0.2) is 11.6 Å². The molecule has 0 radical (unpaired) electrons. The van der Waals surface area contributed by atoms with Crippen LogP contribution >= 0.6 is 0 Å². The Morgan fingerprint density at radius 2 is 1.77 bits per heavy atom. The maximum Gasteiger partial charge on any atom is 0.244 e. The minimum Gasteiger partial charge on any atom is -0.366 e. The maximum absolute atomic E-state index is 11.0. The lowest BCUT2D eigenvalue weighted by Gasteiger charge is -2.07. The van der Waals surface area contributed by atoms with E-state index in [-0.39, 0.29) is 5.91 Å². The largest absolute Gasteiger partial charge is 0.366 e. The third-order valence-electron chi connectivity index (χ3n) is 1.78. The van der Waals surface area contributed by atoms with Gasteiger partial charge in [0.2, 0.25) is 5.91 Å². The SMILES string of the molecule is CC(C)CC=C(CC(C)C)C(N)=O. The van der Waals surface area contributed by atoms with Crippen LogP contribution in [0.1, 0.15) is 40.5 Å². The van der Waals surface area contributed by atoms with Crippen LogP contribution in [-0.4, -0.2) is 5.91 Å². The molecule has 1 amide bonds. The molecular formula is C11H21NO. The summed E-state index contributed by atoms with van der Waals surface area (Å²) in [6.45, 7) is 8.44. The first-order chi connectivity index (χ1) is 5.93. The van der Waals surface area contributed by atoms with Gasteiger partial charge in [-0.15, -0.1) is 0 Å². The lowest BCUT2D eigenvalue weighted by Crippen LogP contribution is -2.15. The highest BCUT2D eigenvalue weighted by Gasteiger charge is 2.07. The van der Waals surface area contributed by atoms with Crippen molar-refractivity contribution in [1.29, 1.82) is 0 Å². The molecule has 0 saturated heterocycles. The Morgan fingerprint density at radius 3 is 2.08 bits per heavy atom. The molecule has 2 heteroatoms. The van der Waals surface area contributed by atoms with Crippen molar-refractivity contribution in [3.8, 4) is 0 Å². The van der Waals surface area contributed by atoms with Crippen LogP contribution in [0.25, 0.3) is 0 Å². The second-order valence-corrected chi connectivity index (χ2v) is 4.32. The van der Waals surface area contributed by atoms with Gasteiger partial charge in [0.25, 0.3) is 0 Å². The molecule has 0 aliphatic carbocycles. The summed E-state index contributed by atoms with van der Waals surface area (Å²) >= 11 is 0. The van der Waals surface area contributed by atoms with Gasteiger partial charge < -0.3 is 5.73 Å². The molecular weight excluding hydrogens is 162 g/mol. The van der Waals surface area contributed by atoms with E-state index < -0.39 is 0 Å². The van der Waals surface area contributed by atoms with E-state index in [1.54, 1.807) is 0 Å². The van der Waals surface area contributed by atoms with Crippen LogP contribution in [0.3, 0.4) is 0 Å². The molecule has 0 bridgehead atoms. The Morgan fingerprint density at radius 1 is 1.23 bits per heavy atom. The van der Waals surface area contributed by atoms with Gasteiger partial charge in [-0.1, -0.05) is 33.8 Å². The molecule has 0 fully saturated rings. The van der Waals surface area contributed by atoms with Crippen molar-refractivity contribution in [2.45, 2.75) is 40.5 Å². The Balaban J connectivity index is 4.24. The van der Waals surface area contributed by atoms with Gasteiger partial charge in [-0.05, 0) is 24.7 Å². The molecule has 0 aromatic rings. The number of rotatable bonds is 5. The molecule has 0 aliphatic rings. The van der Waals surface area contributed by atoms with Crippen molar-refractivity contribution < 1.29 is 4.79 Å². The Hall–Kier alpha value is -0.790. The predicted molar refractivity (Wildman–Crippen MR) is 56.2 cm³/mol. The van der Waals surface area contributed by atoms with E-state index in [1.165, 1.54) is 0 Å². The van der Waals surface area contributed by atoms with E-state index >= 15 is 0 Å². The van der Waals surface area contributed by atoms with Crippen molar-refractivity contribution in [2.24, 2.45) is 17.6 Å². The average Bonchev–Trinajstić information content (AvgIpc) is 1.96. The molecule has 2 N–H and O–H groups in total. The van der Waals surface area contributed by atoms with E-state index in [2.05, 4.69) is 27.7 Å². The summed E-state index contributed by atoms with van der Waals surface area (Å²) in [5.74, 6) is 0.807. The molecule has 0 aromatic heterocycles. The first-order valence-corrected chi connectivity index (χ1v) is 4.92. The molecule has 13 heavy (non-hydrogen) atoms. The molecule has 0 saturated carbocycles. The van der Waals surface area contributed by atoms with E-state index in [0.29, 0.717) is 11.8 Å². The van der Waals surface area contributed by atoms with Gasteiger partial charge in [-0.2, -0.15) is 0 Å². The number of hydrogen-bond acceptors (Lipinski definition) is 1. The number of carbonyl (C=O) groups is 1. The quantitative estimate of drug-likeness (QED) is 0.654. The third kappa shape index (κ3) is 6.38. The number of hydrogen-bond donors (Lipinski definition) is 1. The van der Waals surface area contributed by atoms with Gasteiger partial charge in [0.1, 0.15) is 0 Å². The molecule has 0 aromatic carbocycles. The van der Waals surface area contributed by atoms with Gasteiger partial charge in [0.15, 0.2) is 0 Å². The molecule has 0 atom stereocenters. The van der Waals surface area contributed by atoms with Gasteiger partial charge in [-0.3, -0.25) is 4.79 Å². The van der Waals surface area contributed by atoms with Gasteiger partial charge >= 0.3 is 0 Å². The average molecular weight is 183 g/mol. The smallest absolute Gasteiger partial charge is 0.244 e. The normalized spacial score (nSPS) is 12.6. The fraction of sp³-hybridized carbons (Fsp3) is 0.727. The minimum absolute atomic E-state index is 0.269. The summed E-state index contributed by atoms with van der Waals surface area (Å²) in [7, 11) is 0. The molecule has 76 valence electrons. The summed E-state index contributed by atoms with van der Waals surface area (Å²) in [5, 5.41) is 0. The Labute approximate surface area is 81.2 Å². The number of allylic oxidation sites excluding steroid dienone is 1. The second-order valence-electron chi connectivity index (χ2n) is 4.32. The van der Waals surface area contributed by atoms with Crippen molar-refractivity contribution in [3.05, 3.63) is 11.6 Å². The number of nitrogens with two attached hydrogens (primary N) is 1. The fourth-order valence-corrected chi connectivity index (χ4v) is 1.10. The molecule has 2 nitrogen and oxygen atoms in total. The van der Waals surface area contributed by atoms with Crippen molar-refractivity contribution in [3.63, 3.8) is 0 Å². The lowest BCUT2D eigenvalue weighted by atomic mass is 9.99. The predicted octanol–water partition coefficient (Wildman–Crippen LogP) is 2.49. The van der Waals surface area contributed by atoms with Crippen LogP contribution in [0, 0.1) is 11.8 Å². The molecule has 0 rings (SSSR count). The number of primary amides is 1. The van der Waals surface area contributed by atoms with Gasteiger partial charge in [0.05, 0.1) is 0 Å². The first-order valence-electron chi connectivity index (χ1n) is 4.92. The highest BCUT2D eigenvalue weighted by atomic mass is 16.1. The maximum atomic E-state index is 11.0. The Kier molecular flexibility index (Phi) is 5.44. The summed E-state index contributed by atoms with van der Waals surface area (Å²) < 4.78 is 0. The lowest BCUT2D eigenvalue weighted by molar-refractivity contribution is -0.114. The van der Waals surface area contributed by atoms with E-state index in [4.69, 9.17) is 5.73 Å². The van der Waals surface area contributed by atoms with Crippen LogP contribution in [0.2, 0.25) is 0 Å². The topological polar surface area (TPSA) is 43.1 Å². The van der Waals surface area contributed by atoms with Crippen LogP contribution < -0.4 is 5.73 Å². The molecule has 0 unspecified atom stereocenters. The molecule has 0 heterocycles. The Bertz CT molecular complexity index is 192. The van der Waals surface area contributed by atoms with E-state index in [1.807, 2.05) is 6.08 Å². The zero-order chi connectivity index (χ0) is 10.4. The van der Waals surface area contributed by atoms with E-state index in [0.717, 1.165) is 18.4 Å². The van der Waals surface area contributed by atoms with Crippen molar-refractivity contribution >= 4 is 5.91 Å². The zero-order valence-corrected chi connectivity index (χ0v) is 9.13. The fourth-order valence-electron chi connectivity index (χ4n) is 1.10. The van der Waals surface area contributed by atoms with Crippen LogP contribution in [0.4, 0.5) is 0 Å². The van der Waals surface area contributed by atoms with Crippen molar-refractivity contribution in [1.82, 2.24) is 0 Å². The standard InChI is InChI=1S/C11H21NO/c1-8(2)5-6-10(11(12)13)7-9(3)4/h6,8-9H,5,7H2,1-4H3,(H2,12,13). The van der Waals surface area contributed by atoms with Gasteiger partial charge in [-0.25, -0.2) is 0 Å². The summed E-state index contributed by atoms with van der Waals surface area (Å²) in [6, 6.07) is 0. The van der Waals surface area contributed by atoms with Crippen molar-refractivity contribution in [2.75, 3.05) is 0 Å². The first kappa shape index (κ1) is 12.2. The van der Waals surface area contributed by atoms with Crippen LogP contribution in [0.5, 0.6) is 0 Å². The second kappa shape index (κ2) is 5.79. The molecule has 0 aliphatic heterocycles.